The van der Waals surface area contributed by atoms with Crippen molar-refractivity contribution < 1.29 is 27.5 Å². The van der Waals surface area contributed by atoms with E-state index in [1.54, 1.807) is 31.3 Å². The van der Waals surface area contributed by atoms with Crippen LogP contribution >= 0.6 is 11.3 Å². The summed E-state index contributed by atoms with van der Waals surface area (Å²) in [5.41, 5.74) is 1.21. The largest absolute Gasteiger partial charge is 0.457 e. The highest BCUT2D eigenvalue weighted by Crippen LogP contribution is 2.47. The van der Waals surface area contributed by atoms with Crippen LogP contribution in [-0.2, 0) is 6.18 Å². The maximum absolute atomic E-state index is 13.4. The van der Waals surface area contributed by atoms with E-state index in [9.17, 15) is 22.8 Å². The first-order valence-electron chi connectivity index (χ1n) is 12.7. The lowest BCUT2D eigenvalue weighted by Gasteiger charge is -2.30. The fraction of sp³-hybridized carbons (Fsp3) is 0.250. The first-order chi connectivity index (χ1) is 19.2. The molecule has 12 heteroatoms. The molecule has 0 saturated carbocycles. The van der Waals surface area contributed by atoms with E-state index in [0.717, 1.165) is 25.5 Å². The van der Waals surface area contributed by atoms with Crippen molar-refractivity contribution in [2.45, 2.75) is 32.0 Å². The SMILES string of the molecule is Cc1cc(Oc2ccccc2C(F)(F)F)ccc1N1C(=O)Nc2c(C(=O)NC3CCCNC3)sc3nccc1c23. The van der Waals surface area contributed by atoms with Gasteiger partial charge in [0.05, 0.1) is 28.0 Å². The fourth-order valence-corrected chi connectivity index (χ4v) is 6.09. The summed E-state index contributed by atoms with van der Waals surface area (Å²) in [5, 5.41) is 9.84. The summed E-state index contributed by atoms with van der Waals surface area (Å²) in [6.07, 6.45) is -1.13. The summed E-state index contributed by atoms with van der Waals surface area (Å²) in [6, 6.07) is 10.9. The number of nitrogens with one attached hydrogen (secondary N) is 3. The van der Waals surface area contributed by atoms with Gasteiger partial charge in [-0.2, -0.15) is 13.2 Å². The second-order valence-electron chi connectivity index (χ2n) is 9.64. The number of amides is 3. The zero-order valence-electron chi connectivity index (χ0n) is 21.3. The lowest BCUT2D eigenvalue weighted by molar-refractivity contribution is -0.138. The maximum Gasteiger partial charge on any atom is 0.419 e. The molecule has 8 nitrogen and oxygen atoms in total. The number of halogens is 3. The molecule has 0 spiro atoms. The Kier molecular flexibility index (Phi) is 6.59. The molecule has 2 aliphatic rings. The summed E-state index contributed by atoms with van der Waals surface area (Å²) < 4.78 is 45.8. The van der Waals surface area contributed by atoms with Crippen molar-refractivity contribution in [2.24, 2.45) is 0 Å². The van der Waals surface area contributed by atoms with Crippen LogP contribution in [0.5, 0.6) is 11.5 Å². The molecule has 0 radical (unpaired) electrons. The molecule has 4 aromatic rings. The number of hydrogen-bond donors (Lipinski definition) is 3. The standard InChI is InChI=1S/C28H24F3N5O3S/c1-15-13-17(39-21-7-3-2-6-18(21)28(29,30)31)8-9-19(15)36-20-10-12-33-26-22(20)23(35-27(36)38)24(40-26)25(37)34-16-5-4-11-32-14-16/h2-3,6-10,12-13,16,32H,4-5,11,14H2,1H3,(H,34,37)(H,35,38). The Labute approximate surface area is 231 Å². The Bertz CT molecular complexity index is 1630. The minimum Gasteiger partial charge on any atom is -0.457 e. The van der Waals surface area contributed by atoms with Crippen molar-refractivity contribution in [3.63, 3.8) is 0 Å². The number of aryl methyl sites for hydroxylation is 1. The van der Waals surface area contributed by atoms with Gasteiger partial charge in [0.15, 0.2) is 0 Å². The Balaban J connectivity index is 1.32. The molecular formula is C28H24F3N5O3S. The molecule has 1 atom stereocenters. The van der Waals surface area contributed by atoms with Crippen LogP contribution < -0.4 is 25.6 Å². The van der Waals surface area contributed by atoms with Crippen molar-refractivity contribution in [1.82, 2.24) is 15.6 Å². The summed E-state index contributed by atoms with van der Waals surface area (Å²) in [4.78, 5) is 33.5. The highest BCUT2D eigenvalue weighted by molar-refractivity contribution is 7.21. The summed E-state index contributed by atoms with van der Waals surface area (Å²) in [5.74, 6) is -0.378. The minimum absolute atomic E-state index is 0.00774. The van der Waals surface area contributed by atoms with Crippen LogP contribution in [-0.4, -0.2) is 36.1 Å². The average Bonchev–Trinajstić information content (AvgIpc) is 3.29. The number of nitrogens with zero attached hydrogens (tertiary/aromatic N) is 2. The van der Waals surface area contributed by atoms with Gasteiger partial charge in [-0.15, -0.1) is 11.3 Å². The van der Waals surface area contributed by atoms with Gasteiger partial charge in [-0.05, 0) is 68.3 Å². The molecule has 0 aliphatic carbocycles. The van der Waals surface area contributed by atoms with Crippen LogP contribution in [0.3, 0.4) is 0 Å². The number of alkyl halides is 3. The van der Waals surface area contributed by atoms with Gasteiger partial charge in [0.1, 0.15) is 21.2 Å². The molecule has 4 heterocycles. The van der Waals surface area contributed by atoms with Gasteiger partial charge >= 0.3 is 12.2 Å². The van der Waals surface area contributed by atoms with Gasteiger partial charge in [0.25, 0.3) is 5.91 Å². The Morgan fingerprint density at radius 1 is 1.18 bits per heavy atom. The molecule has 1 fully saturated rings. The topological polar surface area (TPSA) is 95.6 Å². The highest BCUT2D eigenvalue weighted by Gasteiger charge is 2.35. The average molecular weight is 568 g/mol. The van der Waals surface area contributed by atoms with E-state index in [1.807, 2.05) is 0 Å². The van der Waals surface area contributed by atoms with Gasteiger partial charge < -0.3 is 20.7 Å². The zero-order valence-corrected chi connectivity index (χ0v) is 22.1. The molecule has 206 valence electrons. The lowest BCUT2D eigenvalue weighted by Crippen LogP contribution is -2.45. The number of anilines is 3. The number of carbonyl (C=O) groups is 2. The molecule has 40 heavy (non-hydrogen) atoms. The van der Waals surface area contributed by atoms with E-state index in [-0.39, 0.29) is 23.4 Å². The van der Waals surface area contributed by atoms with Gasteiger partial charge in [0, 0.05) is 18.8 Å². The Hall–Kier alpha value is -4.16. The van der Waals surface area contributed by atoms with Crippen molar-refractivity contribution in [1.29, 1.82) is 0 Å². The van der Waals surface area contributed by atoms with Crippen molar-refractivity contribution in [3.05, 3.63) is 70.7 Å². The maximum atomic E-state index is 13.4. The fourth-order valence-electron chi connectivity index (χ4n) is 5.07. The number of hydrogen-bond acceptors (Lipinski definition) is 6. The van der Waals surface area contributed by atoms with Crippen molar-refractivity contribution >= 4 is 50.6 Å². The van der Waals surface area contributed by atoms with Crippen LogP contribution in [0.25, 0.3) is 10.2 Å². The molecule has 1 unspecified atom stereocenters. The third-order valence-electron chi connectivity index (χ3n) is 6.91. The van der Waals surface area contributed by atoms with Gasteiger partial charge in [-0.3, -0.25) is 9.69 Å². The minimum atomic E-state index is -4.56. The predicted octanol–water partition coefficient (Wildman–Crippen LogP) is 6.58. The molecule has 2 aromatic carbocycles. The van der Waals surface area contributed by atoms with Crippen LogP contribution in [0.2, 0.25) is 0 Å². The smallest absolute Gasteiger partial charge is 0.419 e. The van der Waals surface area contributed by atoms with E-state index >= 15 is 0 Å². The van der Waals surface area contributed by atoms with E-state index < -0.39 is 17.8 Å². The second kappa shape index (κ2) is 10.1. The number of urea groups is 1. The summed E-state index contributed by atoms with van der Waals surface area (Å²) >= 11 is 1.21. The third-order valence-corrected chi connectivity index (χ3v) is 8.01. The molecule has 0 bridgehead atoms. The number of aromatic nitrogens is 1. The summed E-state index contributed by atoms with van der Waals surface area (Å²) in [7, 11) is 0. The number of rotatable bonds is 5. The first-order valence-corrected chi connectivity index (χ1v) is 13.5. The van der Waals surface area contributed by atoms with Crippen LogP contribution in [0.15, 0.2) is 54.7 Å². The Morgan fingerprint density at radius 2 is 2.00 bits per heavy atom. The number of para-hydroxylation sites is 1. The first kappa shape index (κ1) is 26.1. The van der Waals surface area contributed by atoms with E-state index in [0.29, 0.717) is 44.3 Å². The normalized spacial score (nSPS) is 17.1. The quantitative estimate of drug-likeness (QED) is 0.253. The van der Waals surface area contributed by atoms with Crippen molar-refractivity contribution in [3.8, 4) is 11.5 Å². The summed E-state index contributed by atoms with van der Waals surface area (Å²) in [6.45, 7) is 3.35. The molecule has 2 aromatic heterocycles. The third kappa shape index (κ3) is 4.73. The monoisotopic (exact) mass is 567 g/mol. The predicted molar refractivity (Wildman–Crippen MR) is 147 cm³/mol. The Morgan fingerprint density at radius 3 is 2.75 bits per heavy atom. The molecular weight excluding hydrogens is 543 g/mol. The molecule has 1 saturated heterocycles. The number of piperidine rings is 1. The van der Waals surface area contributed by atoms with Gasteiger partial charge in [-0.1, -0.05) is 12.1 Å². The second-order valence-corrected chi connectivity index (χ2v) is 10.6. The number of carbonyl (C=O) groups excluding carboxylic acids is 2. The van der Waals surface area contributed by atoms with Crippen molar-refractivity contribution in [2.75, 3.05) is 23.3 Å². The van der Waals surface area contributed by atoms with Crippen LogP contribution in [0, 0.1) is 6.92 Å². The molecule has 6 rings (SSSR count). The van der Waals surface area contributed by atoms with E-state index in [1.165, 1.54) is 40.5 Å². The molecule has 3 amide bonds. The van der Waals surface area contributed by atoms with Gasteiger partial charge in [-0.25, -0.2) is 9.78 Å². The lowest BCUT2D eigenvalue weighted by atomic mass is 10.1. The van der Waals surface area contributed by atoms with Crippen LogP contribution in [0.4, 0.5) is 35.0 Å². The highest BCUT2D eigenvalue weighted by atomic mass is 32.1. The van der Waals surface area contributed by atoms with Crippen LogP contribution in [0.1, 0.15) is 33.6 Å². The molecule has 2 aliphatic heterocycles. The zero-order chi connectivity index (χ0) is 28.0. The van der Waals surface area contributed by atoms with Gasteiger partial charge in [0.2, 0.25) is 0 Å². The number of benzene rings is 2. The van der Waals surface area contributed by atoms with E-state index in [2.05, 4.69) is 20.9 Å². The number of thiophene rings is 1. The van der Waals surface area contributed by atoms with E-state index in [4.69, 9.17) is 4.74 Å². The molecule has 3 N–H and O–H groups in total. The number of ether oxygens (including phenoxy) is 1. The number of pyridine rings is 1.